The van der Waals surface area contributed by atoms with E-state index >= 15 is 0 Å². The van der Waals surface area contributed by atoms with E-state index < -0.39 is 5.97 Å². The third-order valence-electron chi connectivity index (χ3n) is 7.90. The smallest absolute Gasteiger partial charge is 0.336 e. The lowest BCUT2D eigenvalue weighted by molar-refractivity contribution is 0.0697. The molecule has 1 atom stereocenters. The summed E-state index contributed by atoms with van der Waals surface area (Å²) in [5.74, 6) is -0.475. The van der Waals surface area contributed by atoms with E-state index in [1.807, 2.05) is 24.3 Å². The van der Waals surface area contributed by atoms with Crippen LogP contribution < -0.4 is 20.8 Å². The topological polar surface area (TPSA) is 138 Å². The summed E-state index contributed by atoms with van der Waals surface area (Å²) in [5.41, 5.74) is 2.68. The van der Waals surface area contributed by atoms with Crippen LogP contribution in [0.5, 0.6) is 11.5 Å². The molecule has 3 aromatic carbocycles. The predicted octanol–water partition coefficient (Wildman–Crippen LogP) is 5.46. The van der Waals surface area contributed by atoms with Crippen molar-refractivity contribution in [1.29, 1.82) is 0 Å². The quantitative estimate of drug-likeness (QED) is 0.124. The van der Waals surface area contributed by atoms with Crippen LogP contribution in [0.4, 0.5) is 0 Å². The number of carboxylic acid groups (broad SMARTS) is 1. The van der Waals surface area contributed by atoms with Crippen molar-refractivity contribution >= 4 is 22.8 Å². The minimum atomic E-state index is -1.17. The molecule has 6 rings (SSSR count). The largest absolute Gasteiger partial charge is 0.508 e. The highest BCUT2D eigenvalue weighted by atomic mass is 16.5. The van der Waals surface area contributed by atoms with Gasteiger partial charge < -0.3 is 30.0 Å². The molecule has 0 bridgehead atoms. The molecule has 224 valence electrons. The normalized spacial score (nSPS) is 14.6. The summed E-state index contributed by atoms with van der Waals surface area (Å²) >= 11 is 0. The second-order valence-electron chi connectivity index (χ2n) is 11.0. The Labute approximate surface area is 253 Å². The molecule has 0 radical (unpaired) electrons. The van der Waals surface area contributed by atoms with E-state index in [-0.39, 0.29) is 34.0 Å². The third-order valence-corrected chi connectivity index (χ3v) is 7.90. The second kappa shape index (κ2) is 12.6. The maximum absolute atomic E-state index is 13.2. The van der Waals surface area contributed by atoms with Crippen LogP contribution in [-0.4, -0.2) is 47.8 Å². The molecule has 4 N–H and O–H groups in total. The van der Waals surface area contributed by atoms with E-state index in [2.05, 4.69) is 10.6 Å². The van der Waals surface area contributed by atoms with Gasteiger partial charge in [0.2, 0.25) is 0 Å². The number of rotatable bonds is 10. The highest BCUT2D eigenvalue weighted by Crippen LogP contribution is 2.42. The standard InChI is InChI=1S/C35H32N2O7/c38-24-9-12-28-31(18-24)44-32-19-25(39)10-13-29(32)33(28)30-17-22(8-11-27(30)35(41)42)34(40)37-15-2-5-21-4-1-7-26(16-21)43-20-23-6-3-14-36-23/h1,4,7-13,16-19,23,36,38H,2-3,5-6,14-15,20H2,(H,37,40)(H,41,42)/t23-/m0/s1. The number of hydrogen-bond donors (Lipinski definition) is 4. The van der Waals surface area contributed by atoms with E-state index in [9.17, 15) is 24.6 Å². The third kappa shape index (κ3) is 6.28. The van der Waals surface area contributed by atoms with Crippen LogP contribution in [0.25, 0.3) is 33.4 Å². The number of nitrogens with one attached hydrogen (secondary N) is 2. The minimum absolute atomic E-state index is 0.0135. The summed E-state index contributed by atoms with van der Waals surface area (Å²) in [4.78, 5) is 37.6. The number of ether oxygens (including phenoxy) is 1. The summed E-state index contributed by atoms with van der Waals surface area (Å²) in [6.45, 7) is 2.11. The van der Waals surface area contributed by atoms with Crippen molar-refractivity contribution in [3.8, 4) is 33.9 Å². The number of aromatic carboxylic acids is 1. The zero-order chi connectivity index (χ0) is 30.6. The molecule has 0 aromatic heterocycles. The van der Waals surface area contributed by atoms with Crippen molar-refractivity contribution in [2.24, 2.45) is 0 Å². The Morgan fingerprint density at radius 3 is 2.70 bits per heavy atom. The first-order chi connectivity index (χ1) is 21.4. The molecule has 44 heavy (non-hydrogen) atoms. The maximum Gasteiger partial charge on any atom is 0.336 e. The predicted molar refractivity (Wildman–Crippen MR) is 167 cm³/mol. The number of aromatic hydroxyl groups is 1. The van der Waals surface area contributed by atoms with Crippen molar-refractivity contribution < 1.29 is 29.0 Å². The SMILES string of the molecule is O=C(NCCCc1cccc(OC[C@@H]2CCCN2)c1)c1ccc(C(=O)O)c(-c2c3ccc(=O)cc-3oc3cc(O)ccc23)c1. The Morgan fingerprint density at radius 2 is 1.89 bits per heavy atom. The number of amides is 1. The number of hydrogen-bond acceptors (Lipinski definition) is 7. The van der Waals surface area contributed by atoms with Gasteiger partial charge in [0.1, 0.15) is 29.4 Å². The van der Waals surface area contributed by atoms with Crippen LogP contribution >= 0.6 is 0 Å². The number of benzene rings is 4. The molecular formula is C35H32N2O7. The highest BCUT2D eigenvalue weighted by molar-refractivity contribution is 6.09. The van der Waals surface area contributed by atoms with Crippen molar-refractivity contribution in [2.75, 3.05) is 19.7 Å². The fourth-order valence-electron chi connectivity index (χ4n) is 5.71. The summed E-state index contributed by atoms with van der Waals surface area (Å²) in [6, 6.07) is 21.6. The number of carbonyl (C=O) groups is 2. The van der Waals surface area contributed by atoms with Gasteiger partial charge in [-0.3, -0.25) is 9.59 Å². The monoisotopic (exact) mass is 592 g/mol. The van der Waals surface area contributed by atoms with Crippen LogP contribution in [0, 0.1) is 0 Å². The number of phenolic OH excluding ortho intramolecular Hbond substituents is 1. The second-order valence-corrected chi connectivity index (χ2v) is 11.0. The Kier molecular flexibility index (Phi) is 8.29. The Morgan fingerprint density at radius 1 is 1.00 bits per heavy atom. The van der Waals surface area contributed by atoms with Gasteiger partial charge in [0.05, 0.1) is 5.56 Å². The molecule has 1 amide bonds. The first kappa shape index (κ1) is 28.9. The minimum Gasteiger partial charge on any atom is -0.508 e. The lowest BCUT2D eigenvalue weighted by Crippen LogP contribution is -2.28. The van der Waals surface area contributed by atoms with Crippen LogP contribution in [0.1, 0.15) is 45.5 Å². The molecule has 1 saturated heterocycles. The highest BCUT2D eigenvalue weighted by Gasteiger charge is 2.23. The van der Waals surface area contributed by atoms with E-state index in [0.717, 1.165) is 30.7 Å². The van der Waals surface area contributed by atoms with E-state index in [1.54, 1.807) is 18.2 Å². The molecule has 1 fully saturated rings. The lowest BCUT2D eigenvalue weighted by atomic mass is 9.89. The van der Waals surface area contributed by atoms with Crippen molar-refractivity contribution in [1.82, 2.24) is 10.6 Å². The van der Waals surface area contributed by atoms with Gasteiger partial charge in [-0.05, 0) is 98.0 Å². The summed E-state index contributed by atoms with van der Waals surface area (Å²) in [7, 11) is 0. The number of carboxylic acids is 1. The molecule has 9 nitrogen and oxygen atoms in total. The Hall–Kier alpha value is -5.15. The van der Waals surface area contributed by atoms with Crippen molar-refractivity contribution in [3.05, 3.63) is 106 Å². The zero-order valence-corrected chi connectivity index (χ0v) is 24.0. The average molecular weight is 593 g/mol. The van der Waals surface area contributed by atoms with Gasteiger partial charge >= 0.3 is 5.97 Å². The average Bonchev–Trinajstić information content (AvgIpc) is 3.54. The van der Waals surface area contributed by atoms with Gasteiger partial charge in [-0.1, -0.05) is 12.1 Å². The first-order valence-electron chi connectivity index (χ1n) is 14.7. The van der Waals surface area contributed by atoms with Gasteiger partial charge in [0.25, 0.3) is 5.91 Å². The molecule has 0 spiro atoms. The van der Waals surface area contributed by atoms with Gasteiger partial charge in [0, 0.05) is 46.8 Å². The van der Waals surface area contributed by atoms with Gasteiger partial charge in [-0.15, -0.1) is 0 Å². The molecule has 1 aliphatic carbocycles. The number of aryl methyl sites for hydroxylation is 1. The van der Waals surface area contributed by atoms with Crippen LogP contribution in [0.3, 0.4) is 0 Å². The van der Waals surface area contributed by atoms with Gasteiger partial charge in [-0.2, -0.15) is 0 Å². The fourth-order valence-corrected chi connectivity index (χ4v) is 5.71. The van der Waals surface area contributed by atoms with Crippen molar-refractivity contribution in [3.63, 3.8) is 0 Å². The van der Waals surface area contributed by atoms with Crippen LogP contribution in [0.15, 0.2) is 88.1 Å². The van der Waals surface area contributed by atoms with Crippen LogP contribution in [0.2, 0.25) is 0 Å². The molecule has 3 aliphatic rings. The fraction of sp³-hybridized carbons (Fsp3) is 0.229. The molecule has 3 aromatic rings. The Balaban J connectivity index is 1.21. The zero-order valence-electron chi connectivity index (χ0n) is 24.0. The van der Waals surface area contributed by atoms with E-state index in [0.29, 0.717) is 53.3 Å². The molecule has 2 aliphatic heterocycles. The number of carbonyl (C=O) groups excluding carboxylic acids is 1. The molecule has 9 heteroatoms. The first-order valence-corrected chi connectivity index (χ1v) is 14.7. The summed E-state index contributed by atoms with van der Waals surface area (Å²) < 4.78 is 11.9. The lowest BCUT2D eigenvalue weighted by Gasteiger charge is -2.17. The van der Waals surface area contributed by atoms with Crippen LogP contribution in [-0.2, 0) is 6.42 Å². The van der Waals surface area contributed by atoms with Gasteiger partial charge in [-0.25, -0.2) is 4.79 Å². The van der Waals surface area contributed by atoms with Gasteiger partial charge in [0.15, 0.2) is 5.43 Å². The molecule has 0 unspecified atom stereocenters. The van der Waals surface area contributed by atoms with Crippen molar-refractivity contribution in [2.45, 2.75) is 31.7 Å². The summed E-state index contributed by atoms with van der Waals surface area (Å²) in [6.07, 6.45) is 3.76. The summed E-state index contributed by atoms with van der Waals surface area (Å²) in [5, 5.41) is 27.0. The number of phenols is 1. The van der Waals surface area contributed by atoms with E-state index in [1.165, 1.54) is 42.8 Å². The maximum atomic E-state index is 13.2. The van der Waals surface area contributed by atoms with E-state index in [4.69, 9.17) is 9.15 Å². The Bertz CT molecular complexity index is 1870. The molecule has 2 heterocycles. The molecule has 0 saturated carbocycles. The molecular weight excluding hydrogens is 560 g/mol. The number of fused-ring (bicyclic) bond motifs is 2.